The van der Waals surface area contributed by atoms with Crippen molar-refractivity contribution in [2.24, 2.45) is 10.9 Å². The molecule has 2 aliphatic rings. The van der Waals surface area contributed by atoms with Crippen LogP contribution in [0.3, 0.4) is 0 Å². The summed E-state index contributed by atoms with van der Waals surface area (Å²) in [4.78, 5) is 4.33. The number of nitrogens with one attached hydrogen (secondary N) is 2. The Morgan fingerprint density at radius 3 is 2.68 bits per heavy atom. The van der Waals surface area contributed by atoms with Crippen molar-refractivity contribution < 1.29 is 0 Å². The third kappa shape index (κ3) is 6.56. The van der Waals surface area contributed by atoms with Gasteiger partial charge in [-0.3, -0.25) is 4.99 Å². The molecule has 0 heterocycles. The molecular formula is C14H28IN3S. The van der Waals surface area contributed by atoms with Crippen LogP contribution in [0.5, 0.6) is 0 Å². The molecule has 0 spiro atoms. The van der Waals surface area contributed by atoms with Crippen molar-refractivity contribution in [2.75, 3.05) is 19.3 Å². The van der Waals surface area contributed by atoms with Crippen molar-refractivity contribution in [3.63, 3.8) is 0 Å². The van der Waals surface area contributed by atoms with Gasteiger partial charge in [0.15, 0.2) is 5.96 Å². The third-order valence-electron chi connectivity index (χ3n) is 3.89. The van der Waals surface area contributed by atoms with Crippen LogP contribution in [0, 0.1) is 5.92 Å². The highest BCUT2D eigenvalue weighted by Crippen LogP contribution is 2.31. The Labute approximate surface area is 139 Å². The van der Waals surface area contributed by atoms with Gasteiger partial charge in [-0.2, -0.15) is 11.8 Å². The normalized spacial score (nSPS) is 26.9. The predicted molar refractivity (Wildman–Crippen MR) is 96.8 cm³/mol. The second kappa shape index (κ2) is 9.32. The van der Waals surface area contributed by atoms with Crippen LogP contribution in [0.15, 0.2) is 4.99 Å². The quantitative estimate of drug-likeness (QED) is 0.411. The summed E-state index contributed by atoms with van der Waals surface area (Å²) in [7, 11) is 1.87. The minimum absolute atomic E-state index is 0. The molecular weight excluding hydrogens is 369 g/mol. The van der Waals surface area contributed by atoms with E-state index in [1.54, 1.807) is 0 Å². The van der Waals surface area contributed by atoms with Crippen molar-refractivity contribution in [3.8, 4) is 0 Å². The first-order valence-electron chi connectivity index (χ1n) is 7.40. The van der Waals surface area contributed by atoms with E-state index in [0.29, 0.717) is 6.04 Å². The van der Waals surface area contributed by atoms with Crippen LogP contribution in [0.2, 0.25) is 0 Å². The number of halogens is 1. The third-order valence-corrected chi connectivity index (χ3v) is 5.13. The highest BCUT2D eigenvalue weighted by molar-refractivity contribution is 14.0. The molecule has 2 unspecified atom stereocenters. The van der Waals surface area contributed by atoms with E-state index in [0.717, 1.165) is 23.7 Å². The lowest BCUT2D eigenvalue weighted by atomic mass is 10.2. The summed E-state index contributed by atoms with van der Waals surface area (Å²) in [6.45, 7) is 3.33. The Balaban J connectivity index is 0.00000180. The van der Waals surface area contributed by atoms with Crippen molar-refractivity contribution in [2.45, 2.75) is 56.7 Å². The summed E-state index contributed by atoms with van der Waals surface area (Å²) in [5.41, 5.74) is 0. The zero-order valence-corrected chi connectivity index (χ0v) is 15.3. The van der Waals surface area contributed by atoms with Crippen molar-refractivity contribution in [3.05, 3.63) is 0 Å². The fourth-order valence-electron chi connectivity index (χ4n) is 2.65. The standard InChI is InChI=1S/C14H27N3S.HI/c1-3-18-13-7-6-12(10-13)17-14(15-2)16-9-8-11-4-5-11;/h11-13H,3-10H2,1-2H3,(H2,15,16,17);1H. The highest BCUT2D eigenvalue weighted by atomic mass is 127. The van der Waals surface area contributed by atoms with E-state index in [4.69, 9.17) is 0 Å². The lowest BCUT2D eigenvalue weighted by Gasteiger charge is -2.17. The van der Waals surface area contributed by atoms with Crippen LogP contribution in [-0.4, -0.2) is 36.6 Å². The fraction of sp³-hybridized carbons (Fsp3) is 0.929. The average Bonchev–Trinajstić information content (AvgIpc) is 3.09. The lowest BCUT2D eigenvalue weighted by Crippen LogP contribution is -2.42. The van der Waals surface area contributed by atoms with Crippen molar-refractivity contribution >= 4 is 41.7 Å². The van der Waals surface area contributed by atoms with E-state index in [9.17, 15) is 0 Å². The number of nitrogens with zero attached hydrogens (tertiary/aromatic N) is 1. The summed E-state index contributed by atoms with van der Waals surface area (Å²) < 4.78 is 0. The molecule has 19 heavy (non-hydrogen) atoms. The van der Waals surface area contributed by atoms with Gasteiger partial charge in [-0.05, 0) is 37.4 Å². The molecule has 2 atom stereocenters. The minimum atomic E-state index is 0. The molecule has 2 saturated carbocycles. The SMILES string of the molecule is CCSC1CCC(NC(=NC)NCCC2CC2)C1.I. The van der Waals surface area contributed by atoms with E-state index in [1.165, 1.54) is 44.3 Å². The van der Waals surface area contributed by atoms with Crippen LogP contribution in [0.1, 0.15) is 45.4 Å². The Morgan fingerprint density at radius 2 is 2.05 bits per heavy atom. The molecule has 0 saturated heterocycles. The summed E-state index contributed by atoms with van der Waals surface area (Å²) in [6, 6.07) is 0.626. The van der Waals surface area contributed by atoms with Crippen molar-refractivity contribution in [1.29, 1.82) is 0 Å². The van der Waals surface area contributed by atoms with Gasteiger partial charge < -0.3 is 10.6 Å². The van der Waals surface area contributed by atoms with E-state index in [2.05, 4.69) is 34.3 Å². The Kier molecular flexibility index (Phi) is 8.53. The molecule has 0 aromatic carbocycles. The maximum atomic E-state index is 4.33. The summed E-state index contributed by atoms with van der Waals surface area (Å²) in [5.74, 6) is 3.24. The molecule has 2 fully saturated rings. The summed E-state index contributed by atoms with van der Waals surface area (Å²) in [6.07, 6.45) is 8.12. The van der Waals surface area contributed by atoms with E-state index in [-0.39, 0.29) is 24.0 Å². The number of hydrogen-bond donors (Lipinski definition) is 2. The van der Waals surface area contributed by atoms with Crippen LogP contribution >= 0.6 is 35.7 Å². The first kappa shape index (κ1) is 17.4. The average molecular weight is 397 g/mol. The minimum Gasteiger partial charge on any atom is -0.356 e. The smallest absolute Gasteiger partial charge is 0.191 e. The second-order valence-electron chi connectivity index (χ2n) is 5.46. The number of hydrogen-bond acceptors (Lipinski definition) is 2. The monoisotopic (exact) mass is 397 g/mol. The zero-order valence-electron chi connectivity index (χ0n) is 12.2. The molecule has 2 aliphatic carbocycles. The highest BCUT2D eigenvalue weighted by Gasteiger charge is 2.25. The lowest BCUT2D eigenvalue weighted by molar-refractivity contribution is 0.606. The maximum Gasteiger partial charge on any atom is 0.191 e. The van der Waals surface area contributed by atoms with Gasteiger partial charge in [0.05, 0.1) is 0 Å². The first-order valence-corrected chi connectivity index (χ1v) is 8.45. The van der Waals surface area contributed by atoms with E-state index in [1.807, 2.05) is 7.05 Å². The number of guanidine groups is 1. The van der Waals surface area contributed by atoms with E-state index < -0.39 is 0 Å². The summed E-state index contributed by atoms with van der Waals surface area (Å²) >= 11 is 2.11. The van der Waals surface area contributed by atoms with Crippen LogP contribution in [0.4, 0.5) is 0 Å². The fourth-order valence-corrected chi connectivity index (χ4v) is 3.79. The number of thioether (sulfide) groups is 1. The molecule has 0 aromatic rings. The molecule has 2 N–H and O–H groups in total. The number of rotatable bonds is 6. The van der Waals surface area contributed by atoms with Gasteiger partial charge in [0, 0.05) is 24.9 Å². The molecule has 2 rings (SSSR count). The molecule has 0 aliphatic heterocycles. The largest absolute Gasteiger partial charge is 0.356 e. The van der Waals surface area contributed by atoms with E-state index >= 15 is 0 Å². The molecule has 3 nitrogen and oxygen atoms in total. The Hall–Kier alpha value is 0.350. The molecule has 5 heteroatoms. The van der Waals surface area contributed by atoms with Gasteiger partial charge in [-0.25, -0.2) is 0 Å². The van der Waals surface area contributed by atoms with Gasteiger partial charge in [0.1, 0.15) is 0 Å². The van der Waals surface area contributed by atoms with Crippen molar-refractivity contribution in [1.82, 2.24) is 10.6 Å². The Bertz CT molecular complexity index is 282. The Morgan fingerprint density at radius 1 is 1.26 bits per heavy atom. The molecule has 0 amide bonds. The van der Waals surface area contributed by atoms with Crippen LogP contribution < -0.4 is 10.6 Å². The van der Waals surface area contributed by atoms with Crippen LogP contribution in [0.25, 0.3) is 0 Å². The van der Waals surface area contributed by atoms with Gasteiger partial charge in [0.2, 0.25) is 0 Å². The van der Waals surface area contributed by atoms with Gasteiger partial charge in [-0.15, -0.1) is 24.0 Å². The van der Waals surface area contributed by atoms with Gasteiger partial charge in [0.25, 0.3) is 0 Å². The molecule has 0 aromatic heterocycles. The maximum absolute atomic E-state index is 4.33. The first-order chi connectivity index (χ1) is 8.81. The van der Waals surface area contributed by atoms with Crippen LogP contribution in [-0.2, 0) is 0 Å². The second-order valence-corrected chi connectivity index (χ2v) is 7.04. The van der Waals surface area contributed by atoms with Gasteiger partial charge >= 0.3 is 0 Å². The molecule has 0 radical (unpaired) electrons. The number of aliphatic imine (C=N–C) groups is 1. The topological polar surface area (TPSA) is 36.4 Å². The zero-order chi connectivity index (χ0) is 12.8. The predicted octanol–water partition coefficient (Wildman–Crippen LogP) is 3.24. The molecule has 112 valence electrons. The summed E-state index contributed by atoms with van der Waals surface area (Å²) in [5, 5.41) is 7.88. The molecule has 0 bridgehead atoms. The van der Waals surface area contributed by atoms with Gasteiger partial charge in [-0.1, -0.05) is 19.8 Å².